The van der Waals surface area contributed by atoms with Crippen LogP contribution in [-0.2, 0) is 6.54 Å². The lowest BCUT2D eigenvalue weighted by Gasteiger charge is -2.09. The zero-order valence-corrected chi connectivity index (χ0v) is 9.09. The Hall–Kier alpha value is -0.570. The standard InChI is InChI=1S/C11H16ClNO/c1-2-10(14)8-13-7-9-5-3-4-6-11(9)12/h3-6,10,13-14H,2,7-8H2,1H3. The lowest BCUT2D eigenvalue weighted by molar-refractivity contribution is 0.167. The van der Waals surface area contributed by atoms with Gasteiger partial charge in [-0.3, -0.25) is 0 Å². The smallest absolute Gasteiger partial charge is 0.0662 e. The molecule has 2 nitrogen and oxygen atoms in total. The fraction of sp³-hybridized carbons (Fsp3) is 0.455. The minimum absolute atomic E-state index is 0.266. The van der Waals surface area contributed by atoms with E-state index in [4.69, 9.17) is 11.6 Å². The Morgan fingerprint density at radius 3 is 2.79 bits per heavy atom. The lowest BCUT2D eigenvalue weighted by Crippen LogP contribution is -2.25. The monoisotopic (exact) mass is 213 g/mol. The van der Waals surface area contributed by atoms with Crippen LogP contribution < -0.4 is 5.32 Å². The Labute approximate surface area is 89.9 Å². The van der Waals surface area contributed by atoms with Crippen molar-refractivity contribution in [1.82, 2.24) is 5.32 Å². The summed E-state index contributed by atoms with van der Waals surface area (Å²) in [6.45, 7) is 3.28. The highest BCUT2D eigenvalue weighted by atomic mass is 35.5. The highest BCUT2D eigenvalue weighted by Crippen LogP contribution is 2.14. The molecule has 0 radical (unpaired) electrons. The second-order valence-corrected chi connectivity index (χ2v) is 3.69. The van der Waals surface area contributed by atoms with Crippen molar-refractivity contribution >= 4 is 11.6 Å². The van der Waals surface area contributed by atoms with Crippen molar-refractivity contribution < 1.29 is 5.11 Å². The maximum atomic E-state index is 9.31. The molecule has 0 fully saturated rings. The predicted molar refractivity (Wildman–Crippen MR) is 59.5 cm³/mol. The van der Waals surface area contributed by atoms with Gasteiger partial charge in [0.05, 0.1) is 6.10 Å². The number of halogens is 1. The van der Waals surface area contributed by atoms with E-state index in [1.165, 1.54) is 0 Å². The van der Waals surface area contributed by atoms with Crippen molar-refractivity contribution in [3.05, 3.63) is 34.9 Å². The topological polar surface area (TPSA) is 32.3 Å². The summed E-state index contributed by atoms with van der Waals surface area (Å²) in [7, 11) is 0. The van der Waals surface area contributed by atoms with Crippen LogP contribution in [0.5, 0.6) is 0 Å². The van der Waals surface area contributed by atoms with Gasteiger partial charge < -0.3 is 10.4 Å². The van der Waals surface area contributed by atoms with E-state index in [0.29, 0.717) is 13.1 Å². The molecule has 0 aliphatic rings. The van der Waals surface area contributed by atoms with Gasteiger partial charge in [-0.2, -0.15) is 0 Å². The van der Waals surface area contributed by atoms with E-state index < -0.39 is 0 Å². The summed E-state index contributed by atoms with van der Waals surface area (Å²) in [5, 5.41) is 13.2. The normalized spacial score (nSPS) is 12.8. The van der Waals surface area contributed by atoms with Crippen molar-refractivity contribution in [2.45, 2.75) is 26.0 Å². The zero-order chi connectivity index (χ0) is 10.4. The molecule has 0 spiro atoms. The molecule has 14 heavy (non-hydrogen) atoms. The van der Waals surface area contributed by atoms with E-state index in [2.05, 4.69) is 5.32 Å². The van der Waals surface area contributed by atoms with Gasteiger partial charge in [-0.1, -0.05) is 36.7 Å². The first-order valence-corrected chi connectivity index (χ1v) is 5.24. The number of aliphatic hydroxyl groups is 1. The van der Waals surface area contributed by atoms with Crippen LogP contribution in [0.3, 0.4) is 0 Å². The van der Waals surface area contributed by atoms with Gasteiger partial charge in [0.15, 0.2) is 0 Å². The third-order valence-electron chi connectivity index (χ3n) is 2.12. The molecule has 0 saturated carbocycles. The molecule has 0 amide bonds. The Bertz CT molecular complexity index is 278. The summed E-state index contributed by atoms with van der Waals surface area (Å²) in [5.74, 6) is 0. The van der Waals surface area contributed by atoms with Crippen LogP contribution in [0.15, 0.2) is 24.3 Å². The molecule has 78 valence electrons. The highest BCUT2D eigenvalue weighted by molar-refractivity contribution is 6.31. The van der Waals surface area contributed by atoms with E-state index >= 15 is 0 Å². The Morgan fingerprint density at radius 2 is 2.14 bits per heavy atom. The molecule has 1 atom stereocenters. The van der Waals surface area contributed by atoms with Crippen LogP contribution in [0.25, 0.3) is 0 Å². The number of aliphatic hydroxyl groups excluding tert-OH is 1. The fourth-order valence-electron chi connectivity index (χ4n) is 1.16. The average Bonchev–Trinajstić information content (AvgIpc) is 2.20. The first kappa shape index (κ1) is 11.5. The average molecular weight is 214 g/mol. The Balaban J connectivity index is 2.35. The third kappa shape index (κ3) is 3.66. The van der Waals surface area contributed by atoms with Crippen molar-refractivity contribution in [1.29, 1.82) is 0 Å². The molecule has 1 aromatic rings. The minimum atomic E-state index is -0.266. The van der Waals surface area contributed by atoms with Crippen LogP contribution >= 0.6 is 11.6 Å². The van der Waals surface area contributed by atoms with Crippen molar-refractivity contribution in [2.24, 2.45) is 0 Å². The maximum Gasteiger partial charge on any atom is 0.0662 e. The predicted octanol–water partition coefficient (Wildman–Crippen LogP) is 2.20. The molecule has 2 N–H and O–H groups in total. The first-order valence-electron chi connectivity index (χ1n) is 4.86. The van der Waals surface area contributed by atoms with Crippen molar-refractivity contribution in [2.75, 3.05) is 6.54 Å². The van der Waals surface area contributed by atoms with Crippen molar-refractivity contribution in [3.63, 3.8) is 0 Å². The van der Waals surface area contributed by atoms with E-state index in [9.17, 15) is 5.11 Å². The molecule has 1 aromatic carbocycles. The van der Waals surface area contributed by atoms with Crippen LogP contribution in [0.4, 0.5) is 0 Å². The molecular weight excluding hydrogens is 198 g/mol. The summed E-state index contributed by atoms with van der Waals surface area (Å²) in [6.07, 6.45) is 0.507. The van der Waals surface area contributed by atoms with Crippen LogP contribution in [-0.4, -0.2) is 17.8 Å². The molecular formula is C11H16ClNO. The summed E-state index contributed by atoms with van der Waals surface area (Å²) >= 11 is 5.97. The summed E-state index contributed by atoms with van der Waals surface area (Å²) in [6, 6.07) is 7.72. The van der Waals surface area contributed by atoms with Crippen LogP contribution in [0, 0.1) is 0 Å². The minimum Gasteiger partial charge on any atom is -0.392 e. The third-order valence-corrected chi connectivity index (χ3v) is 2.49. The van der Waals surface area contributed by atoms with Gasteiger partial charge in [-0.05, 0) is 18.1 Å². The van der Waals surface area contributed by atoms with E-state index in [1.807, 2.05) is 31.2 Å². The molecule has 3 heteroatoms. The molecule has 0 aliphatic carbocycles. The first-order chi connectivity index (χ1) is 6.74. The summed E-state index contributed by atoms with van der Waals surface area (Å²) in [5.41, 5.74) is 1.07. The van der Waals surface area contributed by atoms with Crippen LogP contribution in [0.1, 0.15) is 18.9 Å². The zero-order valence-electron chi connectivity index (χ0n) is 8.33. The SMILES string of the molecule is CCC(O)CNCc1ccccc1Cl. The molecule has 0 bridgehead atoms. The molecule has 0 heterocycles. The van der Waals surface area contributed by atoms with Gasteiger partial charge >= 0.3 is 0 Å². The highest BCUT2D eigenvalue weighted by Gasteiger charge is 2.01. The molecule has 0 saturated heterocycles. The maximum absolute atomic E-state index is 9.31. The summed E-state index contributed by atoms with van der Waals surface area (Å²) in [4.78, 5) is 0. The van der Waals surface area contributed by atoms with Gasteiger partial charge in [0.2, 0.25) is 0 Å². The number of nitrogens with one attached hydrogen (secondary N) is 1. The van der Waals surface area contributed by atoms with Gasteiger partial charge in [-0.15, -0.1) is 0 Å². The van der Waals surface area contributed by atoms with Crippen LogP contribution in [0.2, 0.25) is 5.02 Å². The number of rotatable bonds is 5. The van der Waals surface area contributed by atoms with Gasteiger partial charge in [0.25, 0.3) is 0 Å². The van der Waals surface area contributed by atoms with Gasteiger partial charge in [-0.25, -0.2) is 0 Å². The van der Waals surface area contributed by atoms with E-state index in [0.717, 1.165) is 17.0 Å². The quantitative estimate of drug-likeness (QED) is 0.786. The Kier molecular flexibility index (Phi) is 4.94. The van der Waals surface area contributed by atoms with Gasteiger partial charge in [0, 0.05) is 18.1 Å². The summed E-state index contributed by atoms with van der Waals surface area (Å²) < 4.78 is 0. The largest absolute Gasteiger partial charge is 0.392 e. The van der Waals surface area contributed by atoms with Crippen molar-refractivity contribution in [3.8, 4) is 0 Å². The second-order valence-electron chi connectivity index (χ2n) is 3.28. The number of hydrogen-bond acceptors (Lipinski definition) is 2. The molecule has 1 rings (SSSR count). The lowest BCUT2D eigenvalue weighted by atomic mass is 10.2. The van der Waals surface area contributed by atoms with E-state index in [-0.39, 0.29) is 6.10 Å². The van der Waals surface area contributed by atoms with E-state index in [1.54, 1.807) is 0 Å². The Morgan fingerprint density at radius 1 is 1.43 bits per heavy atom. The molecule has 0 aromatic heterocycles. The second kappa shape index (κ2) is 6.02. The number of hydrogen-bond donors (Lipinski definition) is 2. The molecule has 1 unspecified atom stereocenters. The molecule has 0 aliphatic heterocycles. The fourth-order valence-corrected chi connectivity index (χ4v) is 1.36. The number of benzene rings is 1. The van der Waals surface area contributed by atoms with Gasteiger partial charge in [0.1, 0.15) is 0 Å².